The van der Waals surface area contributed by atoms with Crippen LogP contribution < -0.4 is 14.2 Å². The van der Waals surface area contributed by atoms with Crippen LogP contribution in [0.5, 0.6) is 17.2 Å². The molecule has 0 aliphatic heterocycles. The van der Waals surface area contributed by atoms with Crippen molar-refractivity contribution in [1.29, 1.82) is 0 Å². The lowest BCUT2D eigenvalue weighted by atomic mass is 9.69. The van der Waals surface area contributed by atoms with Gasteiger partial charge in [0.1, 0.15) is 75.2 Å². The fourth-order valence-electron chi connectivity index (χ4n) is 6.72. The first kappa shape index (κ1) is 52.4. The highest BCUT2D eigenvalue weighted by molar-refractivity contribution is 5.87. The Labute approximate surface area is 389 Å². The predicted octanol–water partition coefficient (Wildman–Crippen LogP) is 8.24. The number of hydrogen-bond acceptors (Lipinski definition) is 12. The van der Waals surface area contributed by atoms with E-state index in [2.05, 4.69) is 79.5 Å². The standard InChI is InChI=1S/C54H66O12/c1-34(2)49(58)64-31-43(55)28-61-46-19-13-37(14-20-46)52(7,8)40-25-41(53(9,10)38-15-21-47(22-16-38)62-29-44(56)32-65-50(59)35(3)4)27-42(26-40)54(11,12)39-17-23-48(24-18-39)63-30-45(57)33-66-51(60)36(5)6/h13-27,43-45,55-57H,1,3,5,28-33H2,2,4,6-12H3. The first-order valence-corrected chi connectivity index (χ1v) is 21.8. The number of esters is 3. The summed E-state index contributed by atoms with van der Waals surface area (Å²) in [4.78, 5) is 35.2. The molecule has 0 aromatic heterocycles. The van der Waals surface area contributed by atoms with E-state index in [0.717, 1.165) is 33.4 Å². The Balaban J connectivity index is 1.63. The van der Waals surface area contributed by atoms with E-state index < -0.39 is 52.5 Å². The Kier molecular flexibility index (Phi) is 18.1. The predicted molar refractivity (Wildman–Crippen MR) is 254 cm³/mol. The van der Waals surface area contributed by atoms with E-state index in [0.29, 0.717) is 17.2 Å². The summed E-state index contributed by atoms with van der Waals surface area (Å²) in [7, 11) is 0. The fourth-order valence-corrected chi connectivity index (χ4v) is 6.72. The summed E-state index contributed by atoms with van der Waals surface area (Å²) in [5, 5.41) is 31.0. The zero-order valence-corrected chi connectivity index (χ0v) is 39.8. The second-order valence-electron chi connectivity index (χ2n) is 18.3. The fraction of sp³-hybridized carbons (Fsp3) is 0.389. The van der Waals surface area contributed by atoms with Crippen molar-refractivity contribution in [2.24, 2.45) is 0 Å². The van der Waals surface area contributed by atoms with Crippen molar-refractivity contribution < 1.29 is 58.1 Å². The van der Waals surface area contributed by atoms with Gasteiger partial charge in [-0.15, -0.1) is 0 Å². The highest BCUT2D eigenvalue weighted by Gasteiger charge is 2.33. The van der Waals surface area contributed by atoms with Crippen molar-refractivity contribution in [3.05, 3.63) is 161 Å². The van der Waals surface area contributed by atoms with Crippen LogP contribution in [0.2, 0.25) is 0 Å². The minimum Gasteiger partial charge on any atom is -0.491 e. The molecule has 0 aliphatic carbocycles. The molecular formula is C54H66O12. The van der Waals surface area contributed by atoms with E-state index in [-0.39, 0.29) is 56.4 Å². The zero-order valence-electron chi connectivity index (χ0n) is 39.8. The van der Waals surface area contributed by atoms with Gasteiger partial charge in [0.2, 0.25) is 0 Å². The molecule has 0 aliphatic rings. The van der Waals surface area contributed by atoms with E-state index in [9.17, 15) is 29.7 Å². The number of aliphatic hydroxyl groups is 3. The van der Waals surface area contributed by atoms with E-state index in [4.69, 9.17) is 28.4 Å². The average Bonchev–Trinajstić information content (AvgIpc) is 3.29. The highest BCUT2D eigenvalue weighted by atomic mass is 16.6. The third-order valence-electron chi connectivity index (χ3n) is 11.4. The maximum absolute atomic E-state index is 11.7. The van der Waals surface area contributed by atoms with Gasteiger partial charge in [-0.25, -0.2) is 14.4 Å². The molecule has 4 rings (SSSR count). The van der Waals surface area contributed by atoms with Gasteiger partial charge in [-0.1, -0.05) is 116 Å². The maximum atomic E-state index is 11.7. The van der Waals surface area contributed by atoms with Crippen molar-refractivity contribution in [3.8, 4) is 17.2 Å². The molecule has 0 saturated carbocycles. The quantitative estimate of drug-likeness (QED) is 0.0351. The van der Waals surface area contributed by atoms with Crippen molar-refractivity contribution >= 4 is 17.9 Å². The lowest BCUT2D eigenvalue weighted by molar-refractivity contribution is -0.143. The number of rotatable bonds is 24. The van der Waals surface area contributed by atoms with Gasteiger partial charge < -0.3 is 43.7 Å². The average molecular weight is 907 g/mol. The van der Waals surface area contributed by atoms with Crippen LogP contribution in [0.25, 0.3) is 0 Å². The zero-order chi connectivity index (χ0) is 49.0. The van der Waals surface area contributed by atoms with Gasteiger partial charge in [0.05, 0.1) is 0 Å². The summed E-state index contributed by atoms with van der Waals surface area (Å²) in [6, 6.07) is 29.9. The summed E-state index contributed by atoms with van der Waals surface area (Å²) in [5.41, 5.74) is 5.55. The third-order valence-corrected chi connectivity index (χ3v) is 11.4. The molecule has 0 saturated heterocycles. The molecule has 0 radical (unpaired) electrons. The highest BCUT2D eigenvalue weighted by Crippen LogP contribution is 2.42. The van der Waals surface area contributed by atoms with Crippen LogP contribution in [0.4, 0.5) is 0 Å². The molecule has 0 heterocycles. The number of carbonyl (C=O) groups is 3. The summed E-state index contributed by atoms with van der Waals surface area (Å²) in [5.74, 6) is -0.0596. The molecule has 3 N–H and O–H groups in total. The molecule has 0 bridgehead atoms. The minimum atomic E-state index is -1.01. The van der Waals surface area contributed by atoms with Gasteiger partial charge in [0.25, 0.3) is 0 Å². The first-order chi connectivity index (χ1) is 30.9. The van der Waals surface area contributed by atoms with Gasteiger partial charge in [-0.05, 0) is 90.6 Å². The summed E-state index contributed by atoms with van der Waals surface area (Å²) in [6.45, 7) is 27.5. The second-order valence-corrected chi connectivity index (χ2v) is 18.3. The number of carbonyl (C=O) groups excluding carboxylic acids is 3. The van der Waals surface area contributed by atoms with Gasteiger partial charge in [0.15, 0.2) is 0 Å². The molecule has 12 heteroatoms. The largest absolute Gasteiger partial charge is 0.491 e. The molecule has 354 valence electrons. The summed E-state index contributed by atoms with van der Waals surface area (Å²) in [6.07, 6.45) is -3.04. The van der Waals surface area contributed by atoms with E-state index >= 15 is 0 Å². The molecular weight excluding hydrogens is 841 g/mol. The normalized spacial score (nSPS) is 13.1. The lowest BCUT2D eigenvalue weighted by Crippen LogP contribution is -2.27. The molecule has 66 heavy (non-hydrogen) atoms. The number of ether oxygens (including phenoxy) is 6. The monoisotopic (exact) mass is 906 g/mol. The van der Waals surface area contributed by atoms with Gasteiger partial charge in [-0.3, -0.25) is 0 Å². The molecule has 4 aromatic rings. The Hall–Kier alpha value is -6.21. The molecule has 12 nitrogen and oxygen atoms in total. The molecule has 0 fully saturated rings. The molecule has 4 aromatic carbocycles. The topological polar surface area (TPSA) is 167 Å². The van der Waals surface area contributed by atoms with Gasteiger partial charge in [-0.2, -0.15) is 0 Å². The lowest BCUT2D eigenvalue weighted by Gasteiger charge is -2.35. The van der Waals surface area contributed by atoms with Crippen LogP contribution in [-0.4, -0.2) is 91.2 Å². The first-order valence-electron chi connectivity index (χ1n) is 21.8. The van der Waals surface area contributed by atoms with Crippen molar-refractivity contribution in [2.45, 2.75) is 96.9 Å². The van der Waals surface area contributed by atoms with Gasteiger partial charge in [0, 0.05) is 33.0 Å². The number of hydrogen-bond donors (Lipinski definition) is 3. The van der Waals surface area contributed by atoms with Crippen molar-refractivity contribution in [2.75, 3.05) is 39.6 Å². The van der Waals surface area contributed by atoms with Gasteiger partial charge >= 0.3 is 17.9 Å². The minimum absolute atomic E-state index is 0.0637. The third kappa shape index (κ3) is 14.4. The SMILES string of the molecule is C=C(C)C(=O)OCC(O)COc1ccc(C(C)(C)c2cc(C(C)(C)c3ccc(OCC(O)COC(=O)C(=C)C)cc3)cc(C(C)(C)c3ccc(OCC(O)COC(=O)C(=C)C)cc3)c2)cc1. The van der Waals surface area contributed by atoms with Crippen LogP contribution >= 0.6 is 0 Å². The molecule has 3 unspecified atom stereocenters. The van der Waals surface area contributed by atoms with E-state index in [1.807, 2.05) is 72.8 Å². The van der Waals surface area contributed by atoms with E-state index in [1.54, 1.807) is 0 Å². The van der Waals surface area contributed by atoms with Crippen LogP contribution in [0.1, 0.15) is 95.7 Å². The van der Waals surface area contributed by atoms with Crippen LogP contribution in [0.3, 0.4) is 0 Å². The van der Waals surface area contributed by atoms with Crippen molar-refractivity contribution in [1.82, 2.24) is 0 Å². The summed E-state index contributed by atoms with van der Waals surface area (Å²) < 4.78 is 32.7. The Morgan fingerprint density at radius 2 is 0.621 bits per heavy atom. The van der Waals surface area contributed by atoms with Crippen LogP contribution in [0, 0.1) is 0 Å². The number of aliphatic hydroxyl groups excluding tert-OH is 3. The van der Waals surface area contributed by atoms with E-state index in [1.165, 1.54) is 20.8 Å². The number of benzene rings is 4. The second kappa shape index (κ2) is 22.8. The molecule has 0 spiro atoms. The van der Waals surface area contributed by atoms with Crippen LogP contribution in [-0.2, 0) is 44.8 Å². The Morgan fingerprint density at radius 1 is 0.409 bits per heavy atom. The molecule has 0 amide bonds. The Morgan fingerprint density at radius 3 is 0.818 bits per heavy atom. The summed E-state index contributed by atoms with van der Waals surface area (Å²) >= 11 is 0. The Bertz CT molecular complexity index is 2050. The van der Waals surface area contributed by atoms with Crippen LogP contribution in [0.15, 0.2) is 127 Å². The smallest absolute Gasteiger partial charge is 0.333 e. The van der Waals surface area contributed by atoms with Crippen molar-refractivity contribution in [3.63, 3.8) is 0 Å². The molecule has 3 atom stereocenters. The maximum Gasteiger partial charge on any atom is 0.333 e.